The van der Waals surface area contributed by atoms with Crippen LogP contribution in [0.25, 0.3) is 16.7 Å². The Labute approximate surface area is 332 Å². The molecular formula is C42H47F3N8O5. The molecule has 2 saturated heterocycles. The first-order chi connectivity index (χ1) is 27.7. The van der Waals surface area contributed by atoms with Gasteiger partial charge in [-0.3, -0.25) is 28.8 Å². The molecule has 0 radical (unpaired) electrons. The number of carbonyl (C=O) groups is 3. The van der Waals surface area contributed by atoms with Crippen molar-refractivity contribution in [1.29, 1.82) is 0 Å². The number of hydrogen-bond acceptors (Lipinski definition) is 8. The van der Waals surface area contributed by atoms with E-state index in [4.69, 9.17) is 9.72 Å². The third kappa shape index (κ3) is 7.98. The van der Waals surface area contributed by atoms with Gasteiger partial charge in [-0.15, -0.1) is 0 Å². The number of pyridine rings is 2. The van der Waals surface area contributed by atoms with E-state index in [-0.39, 0.29) is 47.2 Å². The molecule has 1 unspecified atom stereocenters. The molecule has 2 N–H and O–H groups in total. The van der Waals surface area contributed by atoms with E-state index in [1.54, 1.807) is 28.3 Å². The number of aryl methyl sites for hydroxylation is 1. The quantitative estimate of drug-likeness (QED) is 0.159. The number of piperidine rings is 2. The molecule has 0 bridgehead atoms. The van der Waals surface area contributed by atoms with Gasteiger partial charge in [0.25, 0.3) is 5.91 Å². The Bertz CT molecular complexity index is 2440. The zero-order valence-corrected chi connectivity index (χ0v) is 32.7. The Hall–Kier alpha value is -5.51. The average molecular weight is 801 g/mol. The minimum absolute atomic E-state index is 0.159. The van der Waals surface area contributed by atoms with Gasteiger partial charge in [-0.2, -0.15) is 13.2 Å². The van der Waals surface area contributed by atoms with Crippen molar-refractivity contribution in [2.45, 2.75) is 95.4 Å². The van der Waals surface area contributed by atoms with E-state index in [1.807, 2.05) is 26.1 Å². The topological polar surface area (TPSA) is 145 Å². The standard InChI is InChI=1S/C42H47F3N8O5/c1-24(2)58-34-20-37-46-30(23-52(37)22-29(34)39(55)48-36-6-4-5-35(47-36)42(43,44)45)27-9-7-25(8-10-27)21-51-17-15-26(16-18-51)28-11-12-31-33(19-28)50(3)41(57)53(31)32-13-14-38(54)49-40(32)56/h4-6,11-12,19-20,22-27,32H,7-10,13-18,21H2,1-3H3,(H,47,48,55)(H,49,54,56)/t25-,27-,32?. The molecule has 1 aliphatic carbocycles. The third-order valence-corrected chi connectivity index (χ3v) is 11.9. The number of fused-ring (bicyclic) bond motifs is 2. The van der Waals surface area contributed by atoms with Gasteiger partial charge >= 0.3 is 11.9 Å². The summed E-state index contributed by atoms with van der Waals surface area (Å²) in [7, 11) is 1.73. The van der Waals surface area contributed by atoms with E-state index in [1.165, 1.54) is 22.3 Å². The number of carbonyl (C=O) groups excluding carboxylic acids is 3. The van der Waals surface area contributed by atoms with Crippen LogP contribution >= 0.6 is 0 Å². The molecule has 3 fully saturated rings. The minimum atomic E-state index is -4.64. The lowest BCUT2D eigenvalue weighted by Gasteiger charge is -2.36. The van der Waals surface area contributed by atoms with E-state index in [9.17, 15) is 32.3 Å². The van der Waals surface area contributed by atoms with Crippen molar-refractivity contribution in [2.75, 3.05) is 25.0 Å². The Balaban J connectivity index is 0.876. The third-order valence-electron chi connectivity index (χ3n) is 11.9. The van der Waals surface area contributed by atoms with E-state index >= 15 is 0 Å². The smallest absolute Gasteiger partial charge is 0.433 e. The number of rotatable bonds is 9. The van der Waals surface area contributed by atoms with Gasteiger partial charge in [-0.1, -0.05) is 12.1 Å². The lowest BCUT2D eigenvalue weighted by Crippen LogP contribution is -2.44. The number of nitrogens with zero attached hydrogens (tertiary/aromatic N) is 6. The maximum absolute atomic E-state index is 13.4. The van der Waals surface area contributed by atoms with Crippen LogP contribution in [0.1, 0.15) is 110 Å². The number of imidazole rings is 2. The van der Waals surface area contributed by atoms with Gasteiger partial charge in [0.05, 0.1) is 28.4 Å². The van der Waals surface area contributed by atoms with Crippen molar-refractivity contribution >= 4 is 40.2 Å². The van der Waals surface area contributed by atoms with Crippen LogP contribution in [-0.4, -0.2) is 71.9 Å². The lowest BCUT2D eigenvalue weighted by molar-refractivity contribution is -0.141. The number of anilines is 1. The molecule has 3 amide bonds. The average Bonchev–Trinajstić information content (AvgIpc) is 3.71. The molecule has 1 aromatic carbocycles. The molecule has 2 aliphatic heterocycles. The highest BCUT2D eigenvalue weighted by atomic mass is 19.4. The molecule has 1 atom stereocenters. The molecule has 0 spiro atoms. The number of benzene rings is 1. The Morgan fingerprint density at radius 2 is 1.69 bits per heavy atom. The SMILES string of the molecule is CC(C)Oc1cc2nc([C@H]3CC[C@H](CN4CCC(c5ccc6c(c5)n(C)c(=O)n6C5CCC(=O)NC5=O)CC4)CC3)cn2cc1C(=O)Nc1cccc(C(F)(F)F)n1. The number of aromatic nitrogens is 5. The van der Waals surface area contributed by atoms with Crippen molar-refractivity contribution in [2.24, 2.45) is 13.0 Å². The van der Waals surface area contributed by atoms with Gasteiger partial charge in [0.2, 0.25) is 11.8 Å². The summed E-state index contributed by atoms with van der Waals surface area (Å²) in [6.45, 7) is 6.69. The van der Waals surface area contributed by atoms with E-state index in [0.717, 1.165) is 75.4 Å². The first kappa shape index (κ1) is 39.3. The largest absolute Gasteiger partial charge is 0.490 e. The van der Waals surface area contributed by atoms with Crippen LogP contribution in [0, 0.1) is 5.92 Å². The summed E-state index contributed by atoms with van der Waals surface area (Å²) in [6, 6.07) is 10.5. The van der Waals surface area contributed by atoms with Crippen molar-refractivity contribution < 1.29 is 32.3 Å². The van der Waals surface area contributed by atoms with Crippen LogP contribution in [0.15, 0.2) is 59.7 Å². The summed E-state index contributed by atoms with van der Waals surface area (Å²) in [6.07, 6.45) is 5.32. The minimum Gasteiger partial charge on any atom is -0.490 e. The predicted molar refractivity (Wildman–Crippen MR) is 210 cm³/mol. The fourth-order valence-corrected chi connectivity index (χ4v) is 8.92. The van der Waals surface area contributed by atoms with Crippen LogP contribution in [0.3, 0.4) is 0 Å². The lowest BCUT2D eigenvalue weighted by atomic mass is 9.80. The number of ether oxygens (including phenoxy) is 1. The first-order valence-corrected chi connectivity index (χ1v) is 20.0. The van der Waals surface area contributed by atoms with Crippen molar-refractivity contribution in [3.8, 4) is 5.75 Å². The maximum atomic E-state index is 13.4. The molecule has 3 aliphatic rings. The highest BCUT2D eigenvalue weighted by Gasteiger charge is 2.34. The molecule has 58 heavy (non-hydrogen) atoms. The Morgan fingerprint density at radius 1 is 0.931 bits per heavy atom. The zero-order chi connectivity index (χ0) is 40.9. The summed E-state index contributed by atoms with van der Waals surface area (Å²) in [5.74, 6) is -0.102. The molecular weight excluding hydrogens is 754 g/mol. The highest BCUT2D eigenvalue weighted by molar-refractivity contribution is 6.06. The van der Waals surface area contributed by atoms with Crippen LogP contribution in [0.2, 0.25) is 0 Å². The number of nitrogens with one attached hydrogen (secondary N) is 2. The number of hydrogen-bond donors (Lipinski definition) is 2. The summed E-state index contributed by atoms with van der Waals surface area (Å²) < 4.78 is 50.6. The maximum Gasteiger partial charge on any atom is 0.433 e. The van der Waals surface area contributed by atoms with Gasteiger partial charge in [-0.25, -0.2) is 14.8 Å². The van der Waals surface area contributed by atoms with Crippen LogP contribution < -0.4 is 21.1 Å². The normalized spacial score (nSPS) is 21.2. The molecule has 16 heteroatoms. The van der Waals surface area contributed by atoms with Crippen molar-refractivity contribution in [3.05, 3.63) is 87.9 Å². The second-order valence-electron chi connectivity index (χ2n) is 16.2. The van der Waals surface area contributed by atoms with Gasteiger partial charge in [0.1, 0.15) is 29.0 Å². The van der Waals surface area contributed by atoms with E-state index in [0.29, 0.717) is 29.4 Å². The Morgan fingerprint density at radius 3 is 2.40 bits per heavy atom. The predicted octanol–water partition coefficient (Wildman–Crippen LogP) is 6.57. The number of likely N-dealkylation sites (tertiary alicyclic amines) is 1. The molecule has 306 valence electrons. The Kier molecular flexibility index (Phi) is 10.6. The first-order valence-electron chi connectivity index (χ1n) is 20.0. The summed E-state index contributed by atoms with van der Waals surface area (Å²) in [5, 5.41) is 4.86. The number of imide groups is 1. The van der Waals surface area contributed by atoms with Crippen LogP contribution in [-0.2, 0) is 22.8 Å². The molecule has 8 rings (SSSR count). The number of alkyl halides is 3. The molecule has 5 aromatic rings. The summed E-state index contributed by atoms with van der Waals surface area (Å²) >= 11 is 0. The van der Waals surface area contributed by atoms with Gasteiger partial charge < -0.3 is 19.4 Å². The summed E-state index contributed by atoms with van der Waals surface area (Å²) in [5.41, 5.74) is 3.05. The molecule has 4 aromatic heterocycles. The second-order valence-corrected chi connectivity index (χ2v) is 16.2. The van der Waals surface area contributed by atoms with Gasteiger partial charge in [0, 0.05) is 44.4 Å². The number of amides is 3. The van der Waals surface area contributed by atoms with Crippen LogP contribution in [0.5, 0.6) is 5.75 Å². The fraction of sp³-hybridized carbons (Fsp3) is 0.476. The zero-order valence-electron chi connectivity index (χ0n) is 32.7. The van der Waals surface area contributed by atoms with E-state index in [2.05, 4.69) is 32.7 Å². The monoisotopic (exact) mass is 800 g/mol. The van der Waals surface area contributed by atoms with E-state index < -0.39 is 29.7 Å². The van der Waals surface area contributed by atoms with Crippen molar-refractivity contribution in [1.82, 2.24) is 33.7 Å². The fourth-order valence-electron chi connectivity index (χ4n) is 8.92. The molecule has 1 saturated carbocycles. The van der Waals surface area contributed by atoms with Gasteiger partial charge in [0.15, 0.2) is 0 Å². The van der Waals surface area contributed by atoms with Crippen LogP contribution in [0.4, 0.5) is 19.0 Å². The van der Waals surface area contributed by atoms with Crippen molar-refractivity contribution in [3.63, 3.8) is 0 Å². The van der Waals surface area contributed by atoms with Gasteiger partial charge in [-0.05, 0) is 114 Å². The summed E-state index contributed by atoms with van der Waals surface area (Å²) in [4.78, 5) is 62.0. The second kappa shape index (κ2) is 15.7. The highest BCUT2D eigenvalue weighted by Crippen LogP contribution is 2.38. The molecule has 13 nitrogen and oxygen atoms in total. The molecule has 6 heterocycles. The number of halogens is 3.